The highest BCUT2D eigenvalue weighted by atomic mass is 79.9. The molecule has 0 saturated carbocycles. The Kier molecular flexibility index (Phi) is 5.24. The van der Waals surface area contributed by atoms with Gasteiger partial charge in [0, 0.05) is 17.7 Å². The van der Waals surface area contributed by atoms with Crippen LogP contribution in [-0.4, -0.2) is 22.8 Å². The van der Waals surface area contributed by atoms with Crippen LogP contribution in [0.4, 0.5) is 4.39 Å². The van der Waals surface area contributed by atoms with Gasteiger partial charge in [0.1, 0.15) is 5.82 Å². The molecule has 1 atom stereocenters. The molecular weight excluding hydrogens is 383 g/mol. The summed E-state index contributed by atoms with van der Waals surface area (Å²) in [5.74, 6) is -0.609. The minimum absolute atomic E-state index is 0.216. The maximum atomic E-state index is 13.3. The van der Waals surface area contributed by atoms with E-state index in [2.05, 4.69) is 20.9 Å². The van der Waals surface area contributed by atoms with E-state index in [-0.39, 0.29) is 11.9 Å². The second-order valence-electron chi connectivity index (χ2n) is 5.61. The number of benzene rings is 2. The van der Waals surface area contributed by atoms with Gasteiger partial charge >= 0.3 is 0 Å². The smallest absolute Gasteiger partial charge is 0.255 e. The number of carbonyl (C=O) groups excluding carboxylic acids is 1. The molecule has 1 unspecified atom stereocenters. The first-order valence-corrected chi connectivity index (χ1v) is 8.55. The van der Waals surface area contributed by atoms with Crippen LogP contribution in [-0.2, 0) is 0 Å². The molecule has 3 rings (SSSR count). The summed E-state index contributed by atoms with van der Waals surface area (Å²) < 4.78 is 13.8. The summed E-state index contributed by atoms with van der Waals surface area (Å²) in [6, 6.07) is 19.0. The van der Waals surface area contributed by atoms with E-state index in [4.69, 9.17) is 0 Å². The first-order chi connectivity index (χ1) is 12.1. The lowest BCUT2D eigenvalue weighted by molar-refractivity contribution is 0.0751. The molecule has 0 spiro atoms. The monoisotopic (exact) mass is 398 g/mol. The van der Waals surface area contributed by atoms with Crippen molar-refractivity contribution < 1.29 is 9.18 Å². The summed E-state index contributed by atoms with van der Waals surface area (Å²) >= 11 is 3.27. The van der Waals surface area contributed by atoms with Gasteiger partial charge in [-0.05, 0) is 51.8 Å². The molecular formula is C20H16BrFN2O. The van der Waals surface area contributed by atoms with Gasteiger partial charge in [-0.1, -0.05) is 36.4 Å². The Balaban J connectivity index is 2.02. The zero-order valence-electron chi connectivity index (χ0n) is 13.6. The number of aromatic nitrogens is 1. The number of amides is 1. The number of carbonyl (C=O) groups is 1. The molecule has 0 aliphatic rings. The van der Waals surface area contributed by atoms with Crippen LogP contribution in [0.3, 0.4) is 0 Å². The predicted molar refractivity (Wildman–Crippen MR) is 98.7 cm³/mol. The fourth-order valence-electron chi connectivity index (χ4n) is 2.74. The van der Waals surface area contributed by atoms with E-state index in [0.29, 0.717) is 10.0 Å². The van der Waals surface area contributed by atoms with E-state index in [9.17, 15) is 9.18 Å². The lowest BCUT2D eigenvalue weighted by atomic mass is 10.0. The highest BCUT2D eigenvalue weighted by molar-refractivity contribution is 9.10. The maximum Gasteiger partial charge on any atom is 0.255 e. The summed E-state index contributed by atoms with van der Waals surface area (Å²) in [6.07, 6.45) is 1.71. The van der Waals surface area contributed by atoms with Crippen molar-refractivity contribution >= 4 is 21.8 Å². The zero-order chi connectivity index (χ0) is 17.8. The molecule has 126 valence electrons. The first kappa shape index (κ1) is 17.3. The minimum Gasteiger partial charge on any atom is -0.329 e. The van der Waals surface area contributed by atoms with Crippen molar-refractivity contribution in [2.24, 2.45) is 0 Å². The van der Waals surface area contributed by atoms with Crippen LogP contribution in [0.1, 0.15) is 27.7 Å². The Hall–Kier alpha value is -2.53. The number of hydrogen-bond acceptors (Lipinski definition) is 2. The van der Waals surface area contributed by atoms with Crippen LogP contribution >= 0.6 is 15.9 Å². The Morgan fingerprint density at radius 2 is 1.80 bits per heavy atom. The second-order valence-corrected chi connectivity index (χ2v) is 6.46. The van der Waals surface area contributed by atoms with Gasteiger partial charge in [-0.2, -0.15) is 0 Å². The van der Waals surface area contributed by atoms with E-state index in [1.54, 1.807) is 18.1 Å². The molecule has 0 bridgehead atoms. The van der Waals surface area contributed by atoms with Crippen LogP contribution in [0.5, 0.6) is 0 Å². The van der Waals surface area contributed by atoms with Crippen molar-refractivity contribution in [1.82, 2.24) is 9.88 Å². The molecule has 0 fully saturated rings. The molecule has 0 aliphatic heterocycles. The van der Waals surface area contributed by atoms with Crippen molar-refractivity contribution in [2.75, 3.05) is 7.05 Å². The summed E-state index contributed by atoms with van der Waals surface area (Å²) in [7, 11) is 1.73. The minimum atomic E-state index is -0.393. The topological polar surface area (TPSA) is 33.2 Å². The Morgan fingerprint density at radius 1 is 1.08 bits per heavy atom. The van der Waals surface area contributed by atoms with Crippen LogP contribution in [0, 0.1) is 5.82 Å². The zero-order valence-corrected chi connectivity index (χ0v) is 15.2. The maximum absolute atomic E-state index is 13.3. The molecule has 2 aromatic carbocycles. The molecule has 1 aromatic heterocycles. The van der Waals surface area contributed by atoms with E-state index in [1.807, 2.05) is 48.5 Å². The number of nitrogens with zero attached hydrogens (tertiary/aromatic N) is 2. The van der Waals surface area contributed by atoms with Crippen molar-refractivity contribution in [2.45, 2.75) is 6.04 Å². The van der Waals surface area contributed by atoms with Crippen LogP contribution in [0.2, 0.25) is 0 Å². The van der Waals surface area contributed by atoms with Gasteiger partial charge in [0.15, 0.2) is 0 Å². The van der Waals surface area contributed by atoms with Crippen LogP contribution in [0.25, 0.3) is 0 Å². The van der Waals surface area contributed by atoms with Crippen LogP contribution in [0.15, 0.2) is 77.4 Å². The fourth-order valence-corrected chi connectivity index (χ4v) is 3.26. The van der Waals surface area contributed by atoms with E-state index >= 15 is 0 Å². The third-order valence-electron chi connectivity index (χ3n) is 3.95. The first-order valence-electron chi connectivity index (χ1n) is 7.76. The van der Waals surface area contributed by atoms with Gasteiger partial charge < -0.3 is 4.90 Å². The standard InChI is InChI=1S/C20H16BrFN2O/c1-24(20(25)16-11-10-15(22)13-17(16)21)19(14-7-3-2-4-8-14)18-9-5-6-12-23-18/h2-13,19H,1H3. The quantitative estimate of drug-likeness (QED) is 0.629. The Bertz CT molecular complexity index is 832. The molecule has 25 heavy (non-hydrogen) atoms. The lowest BCUT2D eigenvalue weighted by Crippen LogP contribution is -2.32. The molecule has 0 radical (unpaired) electrons. The molecule has 3 nitrogen and oxygen atoms in total. The predicted octanol–water partition coefficient (Wildman–Crippen LogP) is 4.84. The van der Waals surface area contributed by atoms with Crippen molar-refractivity contribution in [3.63, 3.8) is 0 Å². The number of rotatable bonds is 4. The largest absolute Gasteiger partial charge is 0.329 e. The average molecular weight is 399 g/mol. The SMILES string of the molecule is CN(C(=O)c1ccc(F)cc1Br)C(c1ccccc1)c1ccccn1. The van der Waals surface area contributed by atoms with Gasteiger partial charge in [-0.3, -0.25) is 9.78 Å². The summed E-state index contributed by atoms with van der Waals surface area (Å²) in [5.41, 5.74) is 2.12. The lowest BCUT2D eigenvalue weighted by Gasteiger charge is -2.28. The van der Waals surface area contributed by atoms with Gasteiger partial charge in [-0.15, -0.1) is 0 Å². The van der Waals surface area contributed by atoms with Crippen LogP contribution < -0.4 is 0 Å². The fraction of sp³-hybridized carbons (Fsp3) is 0.100. The Labute approximate surface area is 154 Å². The van der Waals surface area contributed by atoms with Gasteiger partial charge in [0.25, 0.3) is 5.91 Å². The molecule has 1 amide bonds. The van der Waals surface area contributed by atoms with Crippen molar-refractivity contribution in [3.05, 3.63) is 100 Å². The van der Waals surface area contributed by atoms with E-state index in [0.717, 1.165) is 11.3 Å². The number of pyridine rings is 1. The summed E-state index contributed by atoms with van der Waals surface area (Å²) in [5, 5.41) is 0. The van der Waals surface area contributed by atoms with Gasteiger partial charge in [-0.25, -0.2) is 4.39 Å². The van der Waals surface area contributed by atoms with Gasteiger partial charge in [0.2, 0.25) is 0 Å². The highest BCUT2D eigenvalue weighted by Gasteiger charge is 2.26. The van der Waals surface area contributed by atoms with E-state index < -0.39 is 5.82 Å². The summed E-state index contributed by atoms with van der Waals surface area (Å²) in [6.45, 7) is 0. The molecule has 0 saturated heterocycles. The van der Waals surface area contributed by atoms with E-state index in [1.165, 1.54) is 18.2 Å². The molecule has 1 heterocycles. The highest BCUT2D eigenvalue weighted by Crippen LogP contribution is 2.29. The second kappa shape index (κ2) is 7.57. The van der Waals surface area contributed by atoms with Gasteiger partial charge in [0.05, 0.1) is 17.3 Å². The molecule has 0 N–H and O–H groups in total. The average Bonchev–Trinajstić information content (AvgIpc) is 2.63. The van der Waals surface area contributed by atoms with Crippen molar-refractivity contribution in [1.29, 1.82) is 0 Å². The number of hydrogen-bond donors (Lipinski definition) is 0. The Morgan fingerprint density at radius 3 is 2.44 bits per heavy atom. The normalized spacial score (nSPS) is 11.8. The molecule has 0 aliphatic carbocycles. The summed E-state index contributed by atoms with van der Waals surface area (Å²) in [4.78, 5) is 19.1. The number of halogens is 2. The third kappa shape index (κ3) is 3.77. The molecule has 3 aromatic rings. The van der Waals surface area contributed by atoms with Crippen molar-refractivity contribution in [3.8, 4) is 0 Å². The molecule has 5 heteroatoms. The third-order valence-corrected chi connectivity index (χ3v) is 4.61.